The highest BCUT2D eigenvalue weighted by molar-refractivity contribution is 14.0. The highest BCUT2D eigenvalue weighted by atomic mass is 127. The summed E-state index contributed by atoms with van der Waals surface area (Å²) in [5, 5.41) is 9.20. The molecule has 0 bridgehead atoms. The van der Waals surface area contributed by atoms with E-state index in [1.165, 1.54) is 0 Å². The van der Waals surface area contributed by atoms with Crippen LogP contribution in [0.25, 0.3) is 0 Å². The van der Waals surface area contributed by atoms with Crippen LogP contribution >= 0.6 is 24.0 Å². The Balaban J connectivity index is 0.00000392. The van der Waals surface area contributed by atoms with Gasteiger partial charge < -0.3 is 25.4 Å². The van der Waals surface area contributed by atoms with Crippen LogP contribution in [0.15, 0.2) is 29.3 Å². The van der Waals surface area contributed by atoms with Crippen LogP contribution in [0.4, 0.5) is 0 Å². The second-order valence-corrected chi connectivity index (χ2v) is 6.56. The summed E-state index contributed by atoms with van der Waals surface area (Å²) in [5.74, 6) is 1.24. The Bertz CT molecular complexity index is 607. The second-order valence-electron chi connectivity index (χ2n) is 6.56. The molecule has 7 nitrogen and oxygen atoms in total. The number of nitrogens with zero attached hydrogens (tertiary/aromatic N) is 1. The van der Waals surface area contributed by atoms with E-state index in [0.717, 1.165) is 63.9 Å². The van der Waals surface area contributed by atoms with Crippen molar-refractivity contribution in [3.63, 3.8) is 0 Å². The van der Waals surface area contributed by atoms with Crippen molar-refractivity contribution in [1.29, 1.82) is 0 Å². The average Bonchev–Trinajstić information content (AvgIpc) is 3.21. The first-order chi connectivity index (χ1) is 13.2. The van der Waals surface area contributed by atoms with Crippen LogP contribution in [-0.4, -0.2) is 58.4 Å². The van der Waals surface area contributed by atoms with Gasteiger partial charge in [0.2, 0.25) is 0 Å². The van der Waals surface area contributed by atoms with E-state index in [2.05, 4.69) is 20.9 Å². The van der Waals surface area contributed by atoms with Crippen molar-refractivity contribution in [3.05, 3.63) is 35.4 Å². The number of hydrogen-bond acceptors (Lipinski definition) is 4. The Hall–Kier alpha value is -1.39. The molecule has 1 amide bonds. The summed E-state index contributed by atoms with van der Waals surface area (Å²) < 4.78 is 11.1. The molecule has 1 unspecified atom stereocenters. The van der Waals surface area contributed by atoms with Gasteiger partial charge in [0.1, 0.15) is 0 Å². The van der Waals surface area contributed by atoms with Crippen molar-refractivity contribution in [3.8, 4) is 0 Å². The summed E-state index contributed by atoms with van der Waals surface area (Å²) in [7, 11) is 1.63. The van der Waals surface area contributed by atoms with Crippen LogP contribution in [0.3, 0.4) is 0 Å². The van der Waals surface area contributed by atoms with Gasteiger partial charge in [0.05, 0.1) is 19.8 Å². The van der Waals surface area contributed by atoms with Crippen LogP contribution in [0, 0.1) is 5.92 Å². The largest absolute Gasteiger partial charge is 0.381 e. The zero-order valence-electron chi connectivity index (χ0n) is 16.8. The van der Waals surface area contributed by atoms with Gasteiger partial charge in [0, 0.05) is 44.8 Å². The van der Waals surface area contributed by atoms with Gasteiger partial charge in [0.25, 0.3) is 5.91 Å². The molecule has 1 fully saturated rings. The monoisotopic (exact) mass is 504 g/mol. The zero-order valence-corrected chi connectivity index (χ0v) is 19.2. The number of benzene rings is 1. The van der Waals surface area contributed by atoms with E-state index in [1.807, 2.05) is 25.1 Å². The van der Waals surface area contributed by atoms with Gasteiger partial charge in [-0.05, 0) is 37.5 Å². The Morgan fingerprint density at radius 3 is 2.93 bits per heavy atom. The molecule has 8 heteroatoms. The molecule has 0 spiro atoms. The average molecular weight is 504 g/mol. The van der Waals surface area contributed by atoms with E-state index in [1.54, 1.807) is 13.1 Å². The summed E-state index contributed by atoms with van der Waals surface area (Å²) in [6.45, 7) is 7.36. The fourth-order valence-corrected chi connectivity index (χ4v) is 2.81. The molecule has 1 aliphatic rings. The predicted molar refractivity (Wildman–Crippen MR) is 122 cm³/mol. The smallest absolute Gasteiger partial charge is 0.251 e. The molecule has 3 N–H and O–H groups in total. The van der Waals surface area contributed by atoms with Crippen LogP contribution in [-0.2, 0) is 16.0 Å². The topological polar surface area (TPSA) is 84.0 Å². The number of nitrogens with one attached hydrogen (secondary N) is 3. The van der Waals surface area contributed by atoms with Gasteiger partial charge in [-0.3, -0.25) is 4.79 Å². The molecule has 1 aromatic carbocycles. The van der Waals surface area contributed by atoms with Crippen molar-refractivity contribution < 1.29 is 14.3 Å². The first-order valence-corrected chi connectivity index (χ1v) is 9.71. The summed E-state index contributed by atoms with van der Waals surface area (Å²) in [6, 6.07) is 7.52. The minimum absolute atomic E-state index is 0. The maximum Gasteiger partial charge on any atom is 0.251 e. The lowest BCUT2D eigenvalue weighted by atomic mass is 10.1. The van der Waals surface area contributed by atoms with Gasteiger partial charge in [-0.2, -0.15) is 0 Å². The molecular weight excluding hydrogens is 471 g/mol. The first-order valence-electron chi connectivity index (χ1n) is 9.71. The number of carbonyl (C=O) groups excluding carboxylic acids is 1. The minimum atomic E-state index is -0.0879. The lowest BCUT2D eigenvalue weighted by Crippen LogP contribution is -2.38. The van der Waals surface area contributed by atoms with Crippen LogP contribution in [0.5, 0.6) is 0 Å². The molecule has 1 aromatic rings. The number of amides is 1. The number of guanidine groups is 1. The van der Waals surface area contributed by atoms with Gasteiger partial charge in [-0.1, -0.05) is 12.1 Å². The molecule has 0 saturated carbocycles. The Labute approximate surface area is 185 Å². The number of aliphatic imine (C=N–C) groups is 1. The molecule has 28 heavy (non-hydrogen) atoms. The highest BCUT2D eigenvalue weighted by Crippen LogP contribution is 2.12. The Morgan fingerprint density at radius 2 is 2.21 bits per heavy atom. The predicted octanol–water partition coefficient (Wildman–Crippen LogP) is 2.16. The third kappa shape index (κ3) is 9.20. The van der Waals surface area contributed by atoms with E-state index in [4.69, 9.17) is 9.47 Å². The molecular formula is C20H33IN4O3. The third-order valence-corrected chi connectivity index (χ3v) is 4.32. The first kappa shape index (κ1) is 24.6. The summed E-state index contributed by atoms with van der Waals surface area (Å²) in [6.07, 6.45) is 2.03. The van der Waals surface area contributed by atoms with E-state index < -0.39 is 0 Å². The molecule has 1 atom stereocenters. The molecule has 1 saturated heterocycles. The van der Waals surface area contributed by atoms with Gasteiger partial charge >= 0.3 is 0 Å². The molecule has 1 heterocycles. The lowest BCUT2D eigenvalue weighted by Gasteiger charge is -2.12. The Morgan fingerprint density at radius 1 is 1.36 bits per heavy atom. The number of ether oxygens (including phenoxy) is 2. The number of hydrogen-bond donors (Lipinski definition) is 3. The van der Waals surface area contributed by atoms with Crippen molar-refractivity contribution in [2.24, 2.45) is 10.9 Å². The zero-order chi connectivity index (χ0) is 19.3. The quantitative estimate of drug-likeness (QED) is 0.197. The highest BCUT2D eigenvalue weighted by Gasteiger charge is 2.15. The molecule has 1 aliphatic heterocycles. The van der Waals surface area contributed by atoms with Crippen molar-refractivity contribution in [2.45, 2.75) is 26.3 Å². The number of rotatable bonds is 10. The number of halogens is 1. The van der Waals surface area contributed by atoms with E-state index in [0.29, 0.717) is 18.0 Å². The Kier molecular flexibility index (Phi) is 12.8. The van der Waals surface area contributed by atoms with Crippen molar-refractivity contribution >= 4 is 35.8 Å². The van der Waals surface area contributed by atoms with Crippen molar-refractivity contribution in [1.82, 2.24) is 16.0 Å². The molecule has 0 radical (unpaired) electrons. The van der Waals surface area contributed by atoms with Gasteiger partial charge in [-0.15, -0.1) is 24.0 Å². The van der Waals surface area contributed by atoms with Gasteiger partial charge in [-0.25, -0.2) is 4.99 Å². The summed E-state index contributed by atoms with van der Waals surface area (Å²) in [5.41, 5.74) is 1.64. The summed E-state index contributed by atoms with van der Waals surface area (Å²) >= 11 is 0. The van der Waals surface area contributed by atoms with Crippen LogP contribution in [0.2, 0.25) is 0 Å². The summed E-state index contributed by atoms with van der Waals surface area (Å²) in [4.78, 5) is 16.3. The second kappa shape index (κ2) is 14.6. The van der Waals surface area contributed by atoms with Crippen molar-refractivity contribution in [2.75, 3.05) is 46.6 Å². The minimum Gasteiger partial charge on any atom is -0.381 e. The molecule has 158 valence electrons. The fraction of sp³-hybridized carbons (Fsp3) is 0.600. The normalized spacial score (nSPS) is 16.4. The molecule has 0 aliphatic carbocycles. The molecule has 2 rings (SSSR count). The fourth-order valence-electron chi connectivity index (χ4n) is 2.81. The maximum absolute atomic E-state index is 11.7. The lowest BCUT2D eigenvalue weighted by molar-refractivity contribution is 0.0888. The molecule has 0 aromatic heterocycles. The maximum atomic E-state index is 11.7. The third-order valence-electron chi connectivity index (χ3n) is 4.32. The van der Waals surface area contributed by atoms with E-state index in [9.17, 15) is 4.79 Å². The van der Waals surface area contributed by atoms with E-state index >= 15 is 0 Å². The SMILES string of the molecule is CCNC(=NCc1cccc(C(=O)NC)c1)NCCCOCC1CCOC1.I. The standard InChI is InChI=1S/C20H32N4O3.HI/c1-3-22-20(23-9-5-10-26-14-17-8-11-27-15-17)24-13-16-6-4-7-18(12-16)19(25)21-2;/h4,6-7,12,17H,3,5,8-11,13-15H2,1-2H3,(H,21,25)(H2,22,23,24);1H. The van der Waals surface area contributed by atoms with Crippen LogP contribution in [0.1, 0.15) is 35.7 Å². The van der Waals surface area contributed by atoms with Crippen LogP contribution < -0.4 is 16.0 Å². The number of carbonyl (C=O) groups is 1. The van der Waals surface area contributed by atoms with E-state index in [-0.39, 0.29) is 29.9 Å². The van der Waals surface area contributed by atoms with Gasteiger partial charge in [0.15, 0.2) is 5.96 Å².